The summed E-state index contributed by atoms with van der Waals surface area (Å²) >= 11 is 0. The lowest BCUT2D eigenvalue weighted by Gasteiger charge is -2.09. The first-order valence-electron chi connectivity index (χ1n) is 5.93. The van der Waals surface area contributed by atoms with Gasteiger partial charge in [0.25, 0.3) is 5.91 Å². The van der Waals surface area contributed by atoms with Crippen molar-refractivity contribution in [2.75, 3.05) is 11.9 Å². The van der Waals surface area contributed by atoms with E-state index in [1.54, 1.807) is 24.3 Å². The van der Waals surface area contributed by atoms with Gasteiger partial charge in [-0.25, -0.2) is 0 Å². The minimum absolute atomic E-state index is 0. The molecule has 0 saturated heterocycles. The number of nitrogens with two attached hydrogens (primary N) is 1. The molecule has 0 bridgehead atoms. The zero-order chi connectivity index (χ0) is 13.5. The minimum Gasteiger partial charge on any atom is -0.350 e. The first-order valence-corrected chi connectivity index (χ1v) is 5.93. The number of hydrogen-bond acceptors (Lipinski definition) is 3. The predicted octanol–water partition coefficient (Wildman–Crippen LogP) is 1.53. The summed E-state index contributed by atoms with van der Waals surface area (Å²) in [4.78, 5) is 23.0. The van der Waals surface area contributed by atoms with Crippen molar-refractivity contribution in [2.45, 2.75) is 26.3 Å². The Balaban J connectivity index is 0.00000324. The van der Waals surface area contributed by atoms with Gasteiger partial charge in [-0.1, -0.05) is 0 Å². The maximum absolute atomic E-state index is 11.7. The van der Waals surface area contributed by atoms with Gasteiger partial charge in [-0.15, -0.1) is 12.4 Å². The fourth-order valence-electron chi connectivity index (χ4n) is 1.41. The van der Waals surface area contributed by atoms with Crippen molar-refractivity contribution < 1.29 is 9.59 Å². The number of rotatable bonds is 5. The monoisotopic (exact) mass is 285 g/mol. The second-order valence-corrected chi connectivity index (χ2v) is 4.29. The van der Waals surface area contributed by atoms with Gasteiger partial charge in [-0.3, -0.25) is 9.59 Å². The van der Waals surface area contributed by atoms with Crippen LogP contribution in [0.1, 0.15) is 30.6 Å². The van der Waals surface area contributed by atoms with Crippen molar-refractivity contribution in [2.24, 2.45) is 5.73 Å². The summed E-state index contributed by atoms with van der Waals surface area (Å²) in [5, 5.41) is 5.50. The lowest BCUT2D eigenvalue weighted by molar-refractivity contribution is -0.116. The first kappa shape index (κ1) is 17.4. The van der Waals surface area contributed by atoms with Crippen LogP contribution in [-0.2, 0) is 4.79 Å². The lowest BCUT2D eigenvalue weighted by Crippen LogP contribution is -2.30. The predicted molar refractivity (Wildman–Crippen MR) is 78.6 cm³/mol. The summed E-state index contributed by atoms with van der Waals surface area (Å²) in [6.07, 6.45) is 0.287. The molecule has 0 heterocycles. The van der Waals surface area contributed by atoms with Gasteiger partial charge in [0.1, 0.15) is 0 Å². The SMILES string of the molecule is CC(C)NC(=O)c1ccc(NC(=O)CCN)cc1.Cl. The maximum Gasteiger partial charge on any atom is 0.251 e. The number of nitrogens with one attached hydrogen (secondary N) is 2. The highest BCUT2D eigenvalue weighted by Gasteiger charge is 2.07. The van der Waals surface area contributed by atoms with Crippen molar-refractivity contribution in [3.63, 3.8) is 0 Å². The van der Waals surface area contributed by atoms with Crippen LogP contribution in [0.25, 0.3) is 0 Å². The van der Waals surface area contributed by atoms with Crippen LogP contribution in [0.2, 0.25) is 0 Å². The Kier molecular flexibility index (Phi) is 7.79. The smallest absolute Gasteiger partial charge is 0.251 e. The molecule has 2 amide bonds. The Morgan fingerprint density at radius 2 is 1.79 bits per heavy atom. The van der Waals surface area contributed by atoms with Crippen LogP contribution in [-0.4, -0.2) is 24.4 Å². The standard InChI is InChI=1S/C13H19N3O2.ClH/c1-9(2)15-13(18)10-3-5-11(6-4-10)16-12(17)7-8-14;/h3-6,9H,7-8,14H2,1-2H3,(H,15,18)(H,16,17);1H. The normalized spacial score (nSPS) is 9.68. The number of benzene rings is 1. The van der Waals surface area contributed by atoms with E-state index in [9.17, 15) is 9.59 Å². The van der Waals surface area contributed by atoms with Crippen molar-refractivity contribution in [1.82, 2.24) is 5.32 Å². The Hall–Kier alpha value is -1.59. The van der Waals surface area contributed by atoms with E-state index in [4.69, 9.17) is 5.73 Å². The Morgan fingerprint density at radius 1 is 1.21 bits per heavy atom. The van der Waals surface area contributed by atoms with Gasteiger partial charge in [0, 0.05) is 30.3 Å². The molecule has 4 N–H and O–H groups in total. The molecular formula is C13H20ClN3O2. The number of amides is 2. The van der Waals surface area contributed by atoms with E-state index in [1.165, 1.54) is 0 Å². The molecule has 1 aromatic carbocycles. The molecule has 0 aliphatic carbocycles. The van der Waals surface area contributed by atoms with Crippen LogP contribution in [0.5, 0.6) is 0 Å². The summed E-state index contributed by atoms with van der Waals surface area (Å²) in [5.74, 6) is -0.248. The lowest BCUT2D eigenvalue weighted by atomic mass is 10.2. The molecule has 0 radical (unpaired) electrons. The zero-order valence-electron chi connectivity index (χ0n) is 11.1. The average Bonchev–Trinajstić information content (AvgIpc) is 2.29. The van der Waals surface area contributed by atoms with Crippen molar-refractivity contribution in [3.8, 4) is 0 Å². The van der Waals surface area contributed by atoms with Crippen LogP contribution in [0, 0.1) is 0 Å². The number of hydrogen-bond donors (Lipinski definition) is 3. The third kappa shape index (κ3) is 6.22. The average molecular weight is 286 g/mol. The summed E-state index contributed by atoms with van der Waals surface area (Å²) < 4.78 is 0. The molecule has 1 rings (SSSR count). The Labute approximate surface area is 119 Å². The number of halogens is 1. The summed E-state index contributed by atoms with van der Waals surface area (Å²) in [6, 6.07) is 6.85. The van der Waals surface area contributed by atoms with Crippen molar-refractivity contribution in [1.29, 1.82) is 0 Å². The highest BCUT2D eigenvalue weighted by atomic mass is 35.5. The molecule has 5 nitrogen and oxygen atoms in total. The van der Waals surface area contributed by atoms with E-state index >= 15 is 0 Å². The van der Waals surface area contributed by atoms with E-state index in [2.05, 4.69) is 10.6 Å². The largest absolute Gasteiger partial charge is 0.350 e. The van der Waals surface area contributed by atoms with Gasteiger partial charge in [0.05, 0.1) is 0 Å². The summed E-state index contributed by atoms with van der Waals surface area (Å²) in [5.41, 5.74) is 6.51. The molecule has 106 valence electrons. The molecule has 0 aliphatic heterocycles. The summed E-state index contributed by atoms with van der Waals surface area (Å²) in [6.45, 7) is 4.12. The quantitative estimate of drug-likeness (QED) is 0.767. The minimum atomic E-state index is -0.128. The third-order valence-corrected chi connectivity index (χ3v) is 2.22. The maximum atomic E-state index is 11.7. The van der Waals surface area contributed by atoms with Crippen LogP contribution >= 0.6 is 12.4 Å². The van der Waals surface area contributed by atoms with Crippen LogP contribution in [0.15, 0.2) is 24.3 Å². The molecule has 0 fully saturated rings. The molecule has 0 aliphatic rings. The molecule has 0 aromatic heterocycles. The van der Waals surface area contributed by atoms with Crippen LogP contribution in [0.4, 0.5) is 5.69 Å². The second kappa shape index (κ2) is 8.50. The number of carbonyl (C=O) groups is 2. The highest BCUT2D eigenvalue weighted by molar-refractivity contribution is 5.95. The summed E-state index contributed by atoms with van der Waals surface area (Å²) in [7, 11) is 0. The van der Waals surface area contributed by atoms with Gasteiger partial charge >= 0.3 is 0 Å². The molecular weight excluding hydrogens is 266 g/mol. The van der Waals surface area contributed by atoms with E-state index in [0.29, 0.717) is 17.8 Å². The number of anilines is 1. The molecule has 0 spiro atoms. The Bertz CT molecular complexity index is 418. The highest BCUT2D eigenvalue weighted by Crippen LogP contribution is 2.10. The van der Waals surface area contributed by atoms with E-state index < -0.39 is 0 Å². The van der Waals surface area contributed by atoms with Gasteiger partial charge < -0.3 is 16.4 Å². The third-order valence-electron chi connectivity index (χ3n) is 2.22. The molecule has 6 heteroatoms. The van der Waals surface area contributed by atoms with Crippen molar-refractivity contribution >= 4 is 29.9 Å². The molecule has 0 atom stereocenters. The van der Waals surface area contributed by atoms with Crippen LogP contribution < -0.4 is 16.4 Å². The fourth-order valence-corrected chi connectivity index (χ4v) is 1.41. The van der Waals surface area contributed by atoms with Crippen molar-refractivity contribution in [3.05, 3.63) is 29.8 Å². The number of carbonyl (C=O) groups excluding carboxylic acids is 2. The van der Waals surface area contributed by atoms with Gasteiger partial charge in [0.15, 0.2) is 0 Å². The van der Waals surface area contributed by atoms with E-state index in [-0.39, 0.29) is 36.7 Å². The first-order chi connectivity index (χ1) is 8.52. The molecule has 0 unspecified atom stereocenters. The molecule has 1 aromatic rings. The topological polar surface area (TPSA) is 84.2 Å². The van der Waals surface area contributed by atoms with Gasteiger partial charge in [-0.2, -0.15) is 0 Å². The van der Waals surface area contributed by atoms with Gasteiger partial charge in [0.2, 0.25) is 5.91 Å². The van der Waals surface area contributed by atoms with E-state index in [0.717, 1.165) is 0 Å². The molecule has 19 heavy (non-hydrogen) atoms. The van der Waals surface area contributed by atoms with Gasteiger partial charge in [-0.05, 0) is 38.1 Å². The zero-order valence-corrected chi connectivity index (χ0v) is 11.9. The van der Waals surface area contributed by atoms with E-state index in [1.807, 2.05) is 13.8 Å². The van der Waals surface area contributed by atoms with Crippen LogP contribution in [0.3, 0.4) is 0 Å². The molecule has 0 saturated carbocycles. The fraction of sp³-hybridized carbons (Fsp3) is 0.385. The second-order valence-electron chi connectivity index (χ2n) is 4.29. The Morgan fingerprint density at radius 3 is 2.26 bits per heavy atom.